The summed E-state index contributed by atoms with van der Waals surface area (Å²) < 4.78 is 5.63. The van der Waals surface area contributed by atoms with Crippen LogP contribution in [0, 0.1) is 17.8 Å². The molecule has 2 amide bonds. The molecule has 184 valence electrons. The van der Waals surface area contributed by atoms with Crippen molar-refractivity contribution in [2.24, 2.45) is 17.8 Å². The Morgan fingerprint density at radius 2 is 1.60 bits per heavy atom. The lowest BCUT2D eigenvalue weighted by Gasteiger charge is -2.22. The Labute approximate surface area is 205 Å². The lowest BCUT2D eigenvalue weighted by atomic mass is 9.94. The Morgan fingerprint density at radius 1 is 0.914 bits per heavy atom. The van der Waals surface area contributed by atoms with Gasteiger partial charge in [0.15, 0.2) is 0 Å². The van der Waals surface area contributed by atoms with E-state index in [0.29, 0.717) is 25.8 Å². The second kappa shape index (κ2) is 10.1. The molecule has 3 N–H and O–H groups in total. The van der Waals surface area contributed by atoms with Crippen LogP contribution in [0.3, 0.4) is 0 Å². The average Bonchev–Trinajstić information content (AvgIpc) is 3.59. The Bertz CT molecular complexity index is 1070. The minimum Gasteiger partial charge on any atom is -0.481 e. The first-order chi connectivity index (χ1) is 17.0. The van der Waals surface area contributed by atoms with Crippen molar-refractivity contribution in [1.29, 1.82) is 0 Å². The molecule has 2 aromatic rings. The van der Waals surface area contributed by atoms with Crippen LogP contribution in [-0.2, 0) is 14.3 Å². The summed E-state index contributed by atoms with van der Waals surface area (Å²) in [5.74, 6) is -1.25. The van der Waals surface area contributed by atoms with Gasteiger partial charge < -0.3 is 20.5 Å². The molecule has 2 fully saturated rings. The second-order valence-electron chi connectivity index (χ2n) is 10.1. The van der Waals surface area contributed by atoms with Gasteiger partial charge in [-0.3, -0.25) is 9.59 Å². The fourth-order valence-electron chi connectivity index (χ4n) is 6.14. The standard InChI is InChI=1S/C28H32N2O5/c31-26(30-19-13-12-17(14-19)27(32)33)20-11-5-6-18(20)15-29-28(34)35-16-25-23-9-3-1-7-21(23)22-8-2-4-10-24(22)25/h1-4,7-10,17-20,25H,5-6,11-16H2,(H,29,34)(H,30,31)(H,32,33)/t17?,18-,19?,20-/m0/s1. The van der Waals surface area contributed by atoms with E-state index >= 15 is 0 Å². The molecule has 0 spiro atoms. The van der Waals surface area contributed by atoms with Gasteiger partial charge >= 0.3 is 12.1 Å². The number of carboxylic acid groups (broad SMARTS) is 1. The predicted octanol–water partition coefficient (Wildman–Crippen LogP) is 4.31. The number of carboxylic acids is 1. The lowest BCUT2D eigenvalue weighted by Crippen LogP contribution is -2.41. The number of benzene rings is 2. The zero-order chi connectivity index (χ0) is 24.4. The van der Waals surface area contributed by atoms with E-state index in [1.54, 1.807) is 0 Å². The van der Waals surface area contributed by atoms with E-state index in [9.17, 15) is 19.5 Å². The predicted molar refractivity (Wildman–Crippen MR) is 131 cm³/mol. The molecule has 5 rings (SSSR count). The quantitative estimate of drug-likeness (QED) is 0.552. The van der Waals surface area contributed by atoms with Crippen LogP contribution in [0.4, 0.5) is 4.79 Å². The van der Waals surface area contributed by atoms with E-state index < -0.39 is 12.1 Å². The van der Waals surface area contributed by atoms with Crippen molar-refractivity contribution in [2.75, 3.05) is 13.2 Å². The fourth-order valence-corrected chi connectivity index (χ4v) is 6.14. The summed E-state index contributed by atoms with van der Waals surface area (Å²) in [5, 5.41) is 15.1. The maximum atomic E-state index is 12.9. The maximum absolute atomic E-state index is 12.9. The Balaban J connectivity index is 1.12. The number of fused-ring (bicyclic) bond motifs is 3. The van der Waals surface area contributed by atoms with Crippen LogP contribution in [0.2, 0.25) is 0 Å². The molecule has 2 saturated carbocycles. The first-order valence-electron chi connectivity index (χ1n) is 12.6. The van der Waals surface area contributed by atoms with Crippen molar-refractivity contribution < 1.29 is 24.2 Å². The summed E-state index contributed by atoms with van der Waals surface area (Å²) in [6, 6.07) is 16.4. The highest BCUT2D eigenvalue weighted by Crippen LogP contribution is 2.44. The molecule has 35 heavy (non-hydrogen) atoms. The van der Waals surface area contributed by atoms with E-state index in [2.05, 4.69) is 34.9 Å². The fraction of sp³-hybridized carbons (Fsp3) is 0.464. The number of amides is 2. The van der Waals surface area contributed by atoms with E-state index in [0.717, 1.165) is 19.3 Å². The van der Waals surface area contributed by atoms with Crippen LogP contribution < -0.4 is 10.6 Å². The van der Waals surface area contributed by atoms with Crippen molar-refractivity contribution in [3.05, 3.63) is 59.7 Å². The number of rotatable bonds is 7. The van der Waals surface area contributed by atoms with E-state index in [1.807, 2.05) is 24.3 Å². The largest absolute Gasteiger partial charge is 0.481 e. The molecule has 0 saturated heterocycles. The number of aliphatic carboxylic acids is 1. The topological polar surface area (TPSA) is 105 Å². The first kappa shape index (κ1) is 23.4. The molecule has 2 unspecified atom stereocenters. The zero-order valence-electron chi connectivity index (χ0n) is 19.7. The molecule has 3 aliphatic rings. The van der Waals surface area contributed by atoms with Gasteiger partial charge in [-0.05, 0) is 60.3 Å². The van der Waals surface area contributed by atoms with Gasteiger partial charge in [0.25, 0.3) is 0 Å². The highest BCUT2D eigenvalue weighted by atomic mass is 16.5. The molecule has 0 aliphatic heterocycles. The van der Waals surface area contributed by atoms with Gasteiger partial charge in [-0.2, -0.15) is 0 Å². The van der Waals surface area contributed by atoms with Crippen LogP contribution in [-0.4, -0.2) is 42.3 Å². The van der Waals surface area contributed by atoms with Crippen LogP contribution in [0.15, 0.2) is 48.5 Å². The van der Waals surface area contributed by atoms with Crippen molar-refractivity contribution in [3.63, 3.8) is 0 Å². The number of nitrogens with one attached hydrogen (secondary N) is 2. The molecule has 0 bridgehead atoms. The Hall–Kier alpha value is -3.35. The molecule has 4 atom stereocenters. The molecule has 0 aromatic heterocycles. The smallest absolute Gasteiger partial charge is 0.407 e. The first-order valence-corrected chi connectivity index (χ1v) is 12.6. The van der Waals surface area contributed by atoms with E-state index in [-0.39, 0.29) is 42.2 Å². The maximum Gasteiger partial charge on any atom is 0.407 e. The highest BCUT2D eigenvalue weighted by Gasteiger charge is 2.37. The summed E-state index contributed by atoms with van der Waals surface area (Å²) in [6.45, 7) is 0.665. The number of hydrogen-bond acceptors (Lipinski definition) is 4. The number of ether oxygens (including phenoxy) is 1. The van der Waals surface area contributed by atoms with Crippen LogP contribution in [0.1, 0.15) is 55.6 Å². The van der Waals surface area contributed by atoms with Gasteiger partial charge in [-0.25, -0.2) is 4.79 Å². The summed E-state index contributed by atoms with van der Waals surface area (Å²) >= 11 is 0. The molecule has 0 heterocycles. The van der Waals surface area contributed by atoms with Gasteiger partial charge in [-0.1, -0.05) is 55.0 Å². The van der Waals surface area contributed by atoms with Gasteiger partial charge in [0.2, 0.25) is 5.91 Å². The second-order valence-corrected chi connectivity index (χ2v) is 10.1. The minimum atomic E-state index is -0.784. The number of carbonyl (C=O) groups excluding carboxylic acids is 2. The van der Waals surface area contributed by atoms with Gasteiger partial charge in [0, 0.05) is 24.4 Å². The lowest BCUT2D eigenvalue weighted by molar-refractivity contribution is -0.141. The van der Waals surface area contributed by atoms with Crippen molar-refractivity contribution in [1.82, 2.24) is 10.6 Å². The number of carbonyl (C=O) groups is 3. The molecule has 7 nitrogen and oxygen atoms in total. The summed E-state index contributed by atoms with van der Waals surface area (Å²) in [5.41, 5.74) is 4.72. The van der Waals surface area contributed by atoms with Crippen LogP contribution in [0.5, 0.6) is 0 Å². The highest BCUT2D eigenvalue weighted by molar-refractivity contribution is 5.80. The Kier molecular flexibility index (Phi) is 6.75. The van der Waals surface area contributed by atoms with Gasteiger partial charge in [-0.15, -0.1) is 0 Å². The summed E-state index contributed by atoms with van der Waals surface area (Å²) in [4.78, 5) is 36.6. The molecule has 3 aliphatic carbocycles. The van der Waals surface area contributed by atoms with E-state index in [1.165, 1.54) is 22.3 Å². The monoisotopic (exact) mass is 476 g/mol. The van der Waals surface area contributed by atoms with Crippen molar-refractivity contribution in [2.45, 2.75) is 50.5 Å². The minimum absolute atomic E-state index is 0.0131. The number of alkyl carbamates (subject to hydrolysis) is 1. The van der Waals surface area contributed by atoms with Gasteiger partial charge in [0.05, 0.1) is 5.92 Å². The van der Waals surface area contributed by atoms with Crippen LogP contribution >= 0.6 is 0 Å². The molecule has 2 aromatic carbocycles. The normalized spacial score (nSPS) is 25.0. The molecule has 0 radical (unpaired) electrons. The number of hydrogen-bond donors (Lipinski definition) is 3. The zero-order valence-corrected chi connectivity index (χ0v) is 19.7. The molecule has 7 heteroatoms. The van der Waals surface area contributed by atoms with Crippen molar-refractivity contribution >= 4 is 18.0 Å². The van der Waals surface area contributed by atoms with Gasteiger partial charge in [0.1, 0.15) is 6.61 Å². The Morgan fingerprint density at radius 3 is 2.26 bits per heavy atom. The SMILES string of the molecule is O=C(NC[C@@H]1CCC[C@@H]1C(=O)NC1CCC(C(=O)O)C1)OCC1c2ccccc2-c2ccccc21. The third-order valence-electron chi connectivity index (χ3n) is 7.98. The van der Waals surface area contributed by atoms with Crippen LogP contribution in [0.25, 0.3) is 11.1 Å². The molecular weight excluding hydrogens is 444 g/mol. The van der Waals surface area contributed by atoms with E-state index in [4.69, 9.17) is 4.74 Å². The third-order valence-corrected chi connectivity index (χ3v) is 7.98. The molecular formula is C28H32N2O5. The third kappa shape index (κ3) is 4.90. The average molecular weight is 477 g/mol. The summed E-state index contributed by atoms with van der Waals surface area (Å²) in [7, 11) is 0. The summed E-state index contributed by atoms with van der Waals surface area (Å²) in [6.07, 6.45) is 3.96. The van der Waals surface area contributed by atoms with Crippen molar-refractivity contribution in [3.8, 4) is 11.1 Å².